The van der Waals surface area contributed by atoms with Crippen molar-refractivity contribution >= 4 is 10.5 Å². The van der Waals surface area contributed by atoms with Gasteiger partial charge in [-0.15, -0.1) is 0 Å². The van der Waals surface area contributed by atoms with Crippen LogP contribution in [0.5, 0.6) is 0 Å². The molecule has 0 aliphatic carbocycles. The Kier molecular flexibility index (Phi) is 6.85. The molecule has 0 saturated heterocycles. The Morgan fingerprint density at radius 2 is 2.25 bits per heavy atom. The molecule has 0 radical (unpaired) electrons. The maximum atomic E-state index is 4.98. The predicted octanol–water partition coefficient (Wildman–Crippen LogP) is 0.640. The lowest BCUT2D eigenvalue weighted by atomic mass is 10.3. The second-order valence-corrected chi connectivity index (χ2v) is 2.24. The number of allylic oxidation sites excluding steroid dienone is 1. The first-order chi connectivity index (χ1) is 3.91. The Balaban J connectivity index is 2.80. The van der Waals surface area contributed by atoms with Crippen molar-refractivity contribution in [3.8, 4) is 0 Å². The van der Waals surface area contributed by atoms with E-state index in [1.54, 1.807) is 0 Å². The van der Waals surface area contributed by atoms with Crippen LogP contribution in [-0.2, 0) is 4.43 Å². The third-order valence-electron chi connectivity index (χ3n) is 0.891. The minimum absolute atomic E-state index is 0.873. The van der Waals surface area contributed by atoms with Gasteiger partial charge in [0.05, 0.1) is 0 Å². The highest BCUT2D eigenvalue weighted by atomic mass is 28.2. The number of hydrogen-bond acceptors (Lipinski definition) is 1. The highest BCUT2D eigenvalue weighted by molar-refractivity contribution is 5.97. The summed E-state index contributed by atoms with van der Waals surface area (Å²) in [6, 6.07) is 0. The molecule has 0 fully saturated rings. The van der Waals surface area contributed by atoms with Gasteiger partial charge in [0.1, 0.15) is 10.5 Å². The molecule has 1 nitrogen and oxygen atoms in total. The molecule has 0 aromatic rings. The molecule has 0 bridgehead atoms. The normalized spacial score (nSPS) is 11.1. The predicted molar refractivity (Wildman–Crippen MR) is 39.9 cm³/mol. The van der Waals surface area contributed by atoms with Gasteiger partial charge in [-0.1, -0.05) is 19.1 Å². The summed E-state index contributed by atoms with van der Waals surface area (Å²) in [5, 5.41) is 0. The van der Waals surface area contributed by atoms with E-state index in [0.29, 0.717) is 0 Å². The fourth-order valence-corrected chi connectivity index (χ4v) is 0.706. The molecule has 0 aliphatic heterocycles. The van der Waals surface area contributed by atoms with Crippen LogP contribution < -0.4 is 0 Å². The summed E-state index contributed by atoms with van der Waals surface area (Å²) in [7, 11) is 0.873. The monoisotopic (exact) mass is 130 g/mol. The maximum Gasteiger partial charge on any atom is 0.145 e. The van der Waals surface area contributed by atoms with Crippen molar-refractivity contribution in [3.05, 3.63) is 12.2 Å². The standard InChI is InChI=1S/C6H14OSi/c1-2-3-4-5-6-7-8/h3-4H,2,5-6H2,1,8H3. The van der Waals surface area contributed by atoms with Gasteiger partial charge in [0.2, 0.25) is 0 Å². The average Bonchev–Trinajstić information content (AvgIpc) is 1.81. The molecule has 0 rings (SSSR count). The van der Waals surface area contributed by atoms with Crippen LogP contribution in [0.4, 0.5) is 0 Å². The molecule has 48 valence electrons. The van der Waals surface area contributed by atoms with Crippen molar-refractivity contribution in [1.82, 2.24) is 0 Å². The average molecular weight is 130 g/mol. The molecule has 0 N–H and O–H groups in total. The zero-order chi connectivity index (χ0) is 6.24. The van der Waals surface area contributed by atoms with E-state index in [4.69, 9.17) is 4.43 Å². The lowest BCUT2D eigenvalue weighted by molar-refractivity contribution is 0.358. The van der Waals surface area contributed by atoms with Crippen LogP contribution in [0.15, 0.2) is 12.2 Å². The van der Waals surface area contributed by atoms with Crippen molar-refractivity contribution in [2.24, 2.45) is 0 Å². The van der Waals surface area contributed by atoms with E-state index in [9.17, 15) is 0 Å². The van der Waals surface area contributed by atoms with Crippen LogP contribution in [0.25, 0.3) is 0 Å². The first kappa shape index (κ1) is 7.92. The van der Waals surface area contributed by atoms with Crippen molar-refractivity contribution in [3.63, 3.8) is 0 Å². The number of rotatable bonds is 4. The van der Waals surface area contributed by atoms with Gasteiger partial charge in [-0.05, 0) is 12.8 Å². The van der Waals surface area contributed by atoms with Gasteiger partial charge in [-0.25, -0.2) is 0 Å². The summed E-state index contributed by atoms with van der Waals surface area (Å²) in [5.74, 6) is 0. The lowest BCUT2D eigenvalue weighted by Crippen LogP contribution is -1.84. The zero-order valence-electron chi connectivity index (χ0n) is 5.68. The maximum absolute atomic E-state index is 4.98. The highest BCUT2D eigenvalue weighted by Crippen LogP contribution is 1.84. The van der Waals surface area contributed by atoms with E-state index >= 15 is 0 Å². The second kappa shape index (κ2) is 6.92. The second-order valence-electron chi connectivity index (χ2n) is 1.66. The summed E-state index contributed by atoms with van der Waals surface area (Å²) in [6.07, 6.45) is 6.55. The van der Waals surface area contributed by atoms with Crippen molar-refractivity contribution in [1.29, 1.82) is 0 Å². The smallest absolute Gasteiger partial charge is 0.145 e. The Bertz CT molecular complexity index is 61.5. The largest absolute Gasteiger partial charge is 0.428 e. The first-order valence-electron chi connectivity index (χ1n) is 3.05. The molecule has 8 heavy (non-hydrogen) atoms. The van der Waals surface area contributed by atoms with Crippen LogP contribution in [0.3, 0.4) is 0 Å². The number of hydrogen-bond donors (Lipinski definition) is 0. The van der Waals surface area contributed by atoms with Gasteiger partial charge in [-0.3, -0.25) is 0 Å². The molecular formula is C6H14OSi. The van der Waals surface area contributed by atoms with Crippen molar-refractivity contribution in [2.75, 3.05) is 6.61 Å². The Hall–Kier alpha value is -0.0831. The van der Waals surface area contributed by atoms with Gasteiger partial charge >= 0.3 is 0 Å². The quantitative estimate of drug-likeness (QED) is 0.308. The Labute approximate surface area is 54.3 Å². The lowest BCUT2D eigenvalue weighted by Gasteiger charge is -1.89. The van der Waals surface area contributed by atoms with Crippen LogP contribution in [0.1, 0.15) is 19.8 Å². The van der Waals surface area contributed by atoms with Gasteiger partial charge in [-0.2, -0.15) is 0 Å². The third kappa shape index (κ3) is 5.92. The minimum Gasteiger partial charge on any atom is -0.428 e. The van der Waals surface area contributed by atoms with Gasteiger partial charge in [0.15, 0.2) is 0 Å². The molecule has 0 aliphatic rings. The Morgan fingerprint density at radius 1 is 1.50 bits per heavy atom. The van der Waals surface area contributed by atoms with E-state index in [0.717, 1.165) is 29.9 Å². The van der Waals surface area contributed by atoms with Gasteiger partial charge in [0.25, 0.3) is 0 Å². The summed E-state index contributed by atoms with van der Waals surface area (Å²) in [6.45, 7) is 3.04. The Morgan fingerprint density at radius 3 is 2.75 bits per heavy atom. The topological polar surface area (TPSA) is 9.23 Å². The van der Waals surface area contributed by atoms with Crippen LogP contribution in [0.2, 0.25) is 0 Å². The fraction of sp³-hybridized carbons (Fsp3) is 0.667. The molecule has 0 atom stereocenters. The van der Waals surface area contributed by atoms with Crippen LogP contribution in [0, 0.1) is 0 Å². The molecule has 0 saturated carbocycles. The SMILES string of the molecule is CCC=CCCO[SiH3]. The van der Waals surface area contributed by atoms with Gasteiger partial charge in [0, 0.05) is 6.61 Å². The molecule has 0 aromatic heterocycles. The summed E-state index contributed by atoms with van der Waals surface area (Å²) >= 11 is 0. The van der Waals surface area contributed by atoms with Gasteiger partial charge < -0.3 is 4.43 Å². The zero-order valence-corrected chi connectivity index (χ0v) is 7.68. The van der Waals surface area contributed by atoms with Crippen LogP contribution in [-0.4, -0.2) is 17.1 Å². The highest BCUT2D eigenvalue weighted by Gasteiger charge is 1.73. The summed E-state index contributed by atoms with van der Waals surface area (Å²) in [4.78, 5) is 0. The van der Waals surface area contributed by atoms with Crippen molar-refractivity contribution < 1.29 is 4.43 Å². The molecule has 0 unspecified atom stereocenters. The van der Waals surface area contributed by atoms with E-state index in [-0.39, 0.29) is 0 Å². The first-order valence-corrected chi connectivity index (χ1v) is 3.87. The van der Waals surface area contributed by atoms with Crippen molar-refractivity contribution in [2.45, 2.75) is 19.8 Å². The third-order valence-corrected chi connectivity index (χ3v) is 1.30. The van der Waals surface area contributed by atoms with E-state index in [2.05, 4.69) is 19.1 Å². The summed E-state index contributed by atoms with van der Waals surface area (Å²) < 4.78 is 4.98. The molecular weight excluding hydrogens is 116 g/mol. The molecule has 0 spiro atoms. The molecule has 0 aromatic carbocycles. The summed E-state index contributed by atoms with van der Waals surface area (Å²) in [5.41, 5.74) is 0. The van der Waals surface area contributed by atoms with E-state index < -0.39 is 0 Å². The molecule has 0 heterocycles. The van der Waals surface area contributed by atoms with E-state index in [1.807, 2.05) is 0 Å². The van der Waals surface area contributed by atoms with E-state index in [1.165, 1.54) is 0 Å². The molecule has 2 heteroatoms. The molecule has 0 amide bonds. The minimum atomic E-state index is 0.873. The fourth-order valence-electron chi connectivity index (χ4n) is 0.470. The van der Waals surface area contributed by atoms with Crippen LogP contribution >= 0.6 is 0 Å².